The van der Waals surface area contributed by atoms with Gasteiger partial charge in [-0.2, -0.15) is 0 Å². The summed E-state index contributed by atoms with van der Waals surface area (Å²) < 4.78 is 4.94. The SMILES string of the molecule is c1ccc(-c2nc(-n3c4c(-c5cccc(-c6cccc7sc8ccccc8c67)c5)cccc4c4ccc5ccccc5c43)nc3ccccc23)cc1. The minimum Gasteiger partial charge on any atom is -0.277 e. The van der Waals surface area contributed by atoms with Crippen LogP contribution < -0.4 is 0 Å². The van der Waals surface area contributed by atoms with Gasteiger partial charge in [0.25, 0.3) is 0 Å². The van der Waals surface area contributed by atoms with Crippen molar-refractivity contribution in [2.75, 3.05) is 0 Å². The molecule has 0 amide bonds. The Hall–Kier alpha value is -6.62. The van der Waals surface area contributed by atoms with Gasteiger partial charge in [-0.15, -0.1) is 11.3 Å². The lowest BCUT2D eigenvalue weighted by atomic mass is 9.95. The highest BCUT2D eigenvalue weighted by Gasteiger charge is 2.22. The Labute approximate surface area is 303 Å². The summed E-state index contributed by atoms with van der Waals surface area (Å²) in [5, 5.41) is 8.36. The first kappa shape index (κ1) is 29.1. The third-order valence-electron chi connectivity index (χ3n) is 10.4. The highest BCUT2D eigenvalue weighted by atomic mass is 32.1. The maximum Gasteiger partial charge on any atom is 0.235 e. The van der Waals surface area contributed by atoms with Crippen molar-refractivity contribution >= 4 is 75.0 Å². The molecule has 4 heteroatoms. The molecule has 0 radical (unpaired) electrons. The summed E-state index contributed by atoms with van der Waals surface area (Å²) in [5.41, 5.74) is 9.85. The predicted molar refractivity (Wildman–Crippen MR) is 221 cm³/mol. The summed E-state index contributed by atoms with van der Waals surface area (Å²) in [5.74, 6) is 0.659. The van der Waals surface area contributed by atoms with E-state index in [4.69, 9.17) is 9.97 Å². The monoisotopic (exact) mass is 679 g/mol. The van der Waals surface area contributed by atoms with E-state index in [-0.39, 0.29) is 0 Å². The van der Waals surface area contributed by atoms with Crippen molar-refractivity contribution in [2.45, 2.75) is 0 Å². The van der Waals surface area contributed by atoms with Crippen LogP contribution in [0.1, 0.15) is 0 Å². The average Bonchev–Trinajstić information content (AvgIpc) is 3.77. The summed E-state index contributed by atoms with van der Waals surface area (Å²) in [6, 6.07) is 63.1. The van der Waals surface area contributed by atoms with Crippen LogP contribution in [0.5, 0.6) is 0 Å². The molecule has 3 aromatic heterocycles. The van der Waals surface area contributed by atoms with Crippen LogP contribution in [0.2, 0.25) is 0 Å². The van der Waals surface area contributed by atoms with Crippen molar-refractivity contribution in [2.24, 2.45) is 0 Å². The van der Waals surface area contributed by atoms with Crippen LogP contribution in [0.4, 0.5) is 0 Å². The van der Waals surface area contributed by atoms with Crippen LogP contribution in [0.15, 0.2) is 176 Å². The number of hydrogen-bond acceptors (Lipinski definition) is 3. The molecule has 0 atom stereocenters. The van der Waals surface area contributed by atoms with E-state index in [0.717, 1.165) is 44.3 Å². The van der Waals surface area contributed by atoms with E-state index in [1.165, 1.54) is 52.8 Å². The van der Waals surface area contributed by atoms with Crippen molar-refractivity contribution in [1.82, 2.24) is 14.5 Å². The fourth-order valence-electron chi connectivity index (χ4n) is 8.11. The van der Waals surface area contributed by atoms with Gasteiger partial charge in [0.1, 0.15) is 0 Å². The molecule has 8 aromatic carbocycles. The second kappa shape index (κ2) is 11.5. The third kappa shape index (κ3) is 4.38. The van der Waals surface area contributed by atoms with Gasteiger partial charge in [-0.25, -0.2) is 9.97 Å². The van der Waals surface area contributed by atoms with Crippen molar-refractivity contribution in [3.63, 3.8) is 0 Å². The van der Waals surface area contributed by atoms with Gasteiger partial charge in [0.2, 0.25) is 5.95 Å². The highest BCUT2D eigenvalue weighted by Crippen LogP contribution is 2.44. The van der Waals surface area contributed by atoms with Gasteiger partial charge in [0, 0.05) is 52.8 Å². The Morgan fingerprint density at radius 3 is 1.94 bits per heavy atom. The van der Waals surface area contributed by atoms with Gasteiger partial charge in [0.05, 0.1) is 22.2 Å². The number of rotatable bonds is 4. The number of benzene rings is 8. The summed E-state index contributed by atoms with van der Waals surface area (Å²) in [6.45, 7) is 0. The third-order valence-corrected chi connectivity index (χ3v) is 11.5. The first-order valence-corrected chi connectivity index (χ1v) is 18.4. The zero-order valence-electron chi connectivity index (χ0n) is 28.0. The molecule has 0 N–H and O–H groups in total. The molecule has 3 heterocycles. The highest BCUT2D eigenvalue weighted by molar-refractivity contribution is 7.25. The Morgan fingerprint density at radius 1 is 0.404 bits per heavy atom. The average molecular weight is 680 g/mol. The van der Waals surface area contributed by atoms with Gasteiger partial charge in [0.15, 0.2) is 0 Å². The molecule has 0 saturated heterocycles. The number of aromatic nitrogens is 3. The van der Waals surface area contributed by atoms with E-state index in [9.17, 15) is 0 Å². The summed E-state index contributed by atoms with van der Waals surface area (Å²) in [4.78, 5) is 10.8. The zero-order valence-corrected chi connectivity index (χ0v) is 28.8. The molecule has 0 aliphatic rings. The Bertz CT molecular complexity index is 3190. The Balaban J connectivity index is 1.23. The largest absolute Gasteiger partial charge is 0.277 e. The van der Waals surface area contributed by atoms with Crippen LogP contribution >= 0.6 is 11.3 Å². The Morgan fingerprint density at radius 2 is 1.04 bits per heavy atom. The Kier molecular flexibility index (Phi) is 6.42. The maximum atomic E-state index is 5.43. The molecule has 0 aliphatic heterocycles. The molecule has 3 nitrogen and oxygen atoms in total. The smallest absolute Gasteiger partial charge is 0.235 e. The van der Waals surface area contributed by atoms with E-state index in [0.29, 0.717) is 5.95 Å². The number of fused-ring (bicyclic) bond motifs is 9. The molecule has 0 bridgehead atoms. The summed E-state index contributed by atoms with van der Waals surface area (Å²) >= 11 is 1.86. The van der Waals surface area contributed by atoms with Crippen molar-refractivity contribution in [3.8, 4) is 39.5 Å². The number of para-hydroxylation sites is 2. The van der Waals surface area contributed by atoms with Crippen molar-refractivity contribution in [1.29, 1.82) is 0 Å². The van der Waals surface area contributed by atoms with Gasteiger partial charge in [-0.1, -0.05) is 152 Å². The first-order chi connectivity index (χ1) is 25.8. The predicted octanol–water partition coefficient (Wildman–Crippen LogP) is 13.2. The fourth-order valence-corrected chi connectivity index (χ4v) is 9.24. The minimum absolute atomic E-state index is 0.659. The molecule has 242 valence electrons. The van der Waals surface area contributed by atoms with Crippen LogP contribution in [-0.4, -0.2) is 14.5 Å². The fraction of sp³-hybridized carbons (Fsp3) is 0. The molecule has 11 aromatic rings. The van der Waals surface area contributed by atoms with Crippen LogP contribution in [0, 0.1) is 0 Å². The lowest BCUT2D eigenvalue weighted by molar-refractivity contribution is 1.02. The van der Waals surface area contributed by atoms with Crippen LogP contribution in [-0.2, 0) is 0 Å². The van der Waals surface area contributed by atoms with Crippen molar-refractivity contribution in [3.05, 3.63) is 176 Å². The first-order valence-electron chi connectivity index (χ1n) is 17.6. The number of thiophene rings is 1. The van der Waals surface area contributed by atoms with Crippen molar-refractivity contribution < 1.29 is 0 Å². The molecule has 0 fully saturated rings. The molecule has 0 spiro atoms. The lowest BCUT2D eigenvalue weighted by Gasteiger charge is -2.15. The molecule has 52 heavy (non-hydrogen) atoms. The van der Waals surface area contributed by atoms with Gasteiger partial charge >= 0.3 is 0 Å². The van der Waals surface area contributed by atoms with Gasteiger partial charge in [-0.05, 0) is 46.3 Å². The number of hydrogen-bond donors (Lipinski definition) is 0. The second-order valence-corrected chi connectivity index (χ2v) is 14.4. The molecular formula is C48H29N3S. The van der Waals surface area contributed by atoms with Gasteiger partial charge < -0.3 is 0 Å². The maximum absolute atomic E-state index is 5.43. The zero-order chi connectivity index (χ0) is 34.2. The summed E-state index contributed by atoms with van der Waals surface area (Å²) in [7, 11) is 0. The van der Waals surface area contributed by atoms with Gasteiger partial charge in [-0.3, -0.25) is 4.57 Å². The normalized spacial score (nSPS) is 11.8. The molecule has 0 saturated carbocycles. The quantitative estimate of drug-likeness (QED) is 0.185. The second-order valence-electron chi connectivity index (χ2n) is 13.3. The molecule has 0 aliphatic carbocycles. The topological polar surface area (TPSA) is 30.7 Å². The molecular weight excluding hydrogens is 651 g/mol. The van der Waals surface area contributed by atoms with Crippen LogP contribution in [0.3, 0.4) is 0 Å². The molecule has 0 unspecified atom stereocenters. The molecule has 11 rings (SSSR count). The van der Waals surface area contributed by atoms with E-state index < -0.39 is 0 Å². The van der Waals surface area contributed by atoms with Crippen LogP contribution in [0.25, 0.3) is 103 Å². The van der Waals surface area contributed by atoms with E-state index >= 15 is 0 Å². The van der Waals surface area contributed by atoms with E-state index in [2.05, 4.69) is 180 Å². The van der Waals surface area contributed by atoms with E-state index in [1.807, 2.05) is 11.3 Å². The minimum atomic E-state index is 0.659. The standard InChI is InChI=1S/C48H29N3S/c1-2-14-31(15-3-1)45-39-19-6-8-24-41(39)49-48(50-45)51-46-35-18-5-4-13-30(35)27-28-38(46)37-23-11-22-36(47(37)51)33-17-10-16-32(29-33)34-21-12-26-43-44(34)40-20-7-9-25-42(40)52-43/h1-29H. The number of nitrogens with zero attached hydrogens (tertiary/aromatic N) is 3. The van der Waals surface area contributed by atoms with E-state index in [1.54, 1.807) is 0 Å². The summed E-state index contributed by atoms with van der Waals surface area (Å²) in [6.07, 6.45) is 0. The lowest BCUT2D eigenvalue weighted by Crippen LogP contribution is -2.04.